The van der Waals surface area contributed by atoms with E-state index in [9.17, 15) is 14.4 Å². The molecule has 268 valence electrons. The first-order valence-corrected chi connectivity index (χ1v) is 17.2. The lowest BCUT2D eigenvalue weighted by molar-refractivity contribution is -0.126. The monoisotopic (exact) mass is 687 g/mol. The molecule has 0 spiro atoms. The number of hydrogen-bond donors (Lipinski definition) is 6. The largest absolute Gasteiger partial charge is 0.354 e. The predicted molar refractivity (Wildman–Crippen MR) is 198 cm³/mol. The van der Waals surface area contributed by atoms with E-state index in [0.717, 1.165) is 65.2 Å². The van der Waals surface area contributed by atoms with Crippen molar-refractivity contribution in [2.24, 2.45) is 10.2 Å². The van der Waals surface area contributed by atoms with Crippen LogP contribution in [0, 0.1) is 0 Å². The molecule has 0 bridgehead atoms. The number of anilines is 5. The van der Waals surface area contributed by atoms with Crippen molar-refractivity contribution < 1.29 is 9.59 Å². The zero-order valence-corrected chi connectivity index (χ0v) is 29.5. The van der Waals surface area contributed by atoms with E-state index in [1.54, 1.807) is 42.5 Å². The van der Waals surface area contributed by atoms with Crippen molar-refractivity contribution in [2.75, 3.05) is 73.6 Å². The molecule has 0 aliphatic heterocycles. The van der Waals surface area contributed by atoms with Gasteiger partial charge >= 0.3 is 5.69 Å². The number of ketones is 1. The SMILES string of the molecule is CCN(CC)CCCNc1nc(NCCCN(CC)CC)nc(Nc2ccc(/N=N/C(C(C)=O)C(=O)Nc3ccc4[nH]c(=O)[nH]c4c3)cc2)n1. The minimum atomic E-state index is -1.35. The highest BCUT2D eigenvalue weighted by Gasteiger charge is 2.23. The van der Waals surface area contributed by atoms with Crippen molar-refractivity contribution >= 4 is 57.6 Å². The van der Waals surface area contributed by atoms with Gasteiger partial charge in [-0.05, 0) is 101 Å². The molecule has 1 atom stereocenters. The maximum Gasteiger partial charge on any atom is 0.323 e. The van der Waals surface area contributed by atoms with Gasteiger partial charge in [0.25, 0.3) is 5.91 Å². The maximum atomic E-state index is 12.9. The van der Waals surface area contributed by atoms with Crippen LogP contribution < -0.4 is 27.0 Å². The van der Waals surface area contributed by atoms with E-state index in [1.807, 2.05) is 0 Å². The van der Waals surface area contributed by atoms with E-state index in [-0.39, 0.29) is 5.69 Å². The minimum absolute atomic E-state index is 0.356. The molecule has 0 fully saturated rings. The van der Waals surface area contributed by atoms with Gasteiger partial charge in [-0.2, -0.15) is 25.2 Å². The van der Waals surface area contributed by atoms with Gasteiger partial charge < -0.3 is 41.0 Å². The Balaban J connectivity index is 1.40. The van der Waals surface area contributed by atoms with E-state index in [0.29, 0.717) is 45.9 Å². The van der Waals surface area contributed by atoms with E-state index < -0.39 is 17.7 Å². The maximum absolute atomic E-state index is 12.9. The van der Waals surface area contributed by atoms with Gasteiger partial charge in [-0.25, -0.2) is 4.79 Å². The van der Waals surface area contributed by atoms with Crippen LogP contribution in [0.1, 0.15) is 47.5 Å². The number of nitrogens with one attached hydrogen (secondary N) is 6. The number of H-pyrrole nitrogens is 2. The van der Waals surface area contributed by atoms with Crippen molar-refractivity contribution in [2.45, 2.75) is 53.5 Å². The Morgan fingerprint density at radius 2 is 1.30 bits per heavy atom. The van der Waals surface area contributed by atoms with E-state index in [4.69, 9.17) is 0 Å². The molecule has 16 nitrogen and oxygen atoms in total. The number of Topliss-reactive ketones (excluding diaryl/α,β-unsaturated/α-hetero) is 1. The highest BCUT2D eigenvalue weighted by atomic mass is 16.2. The quantitative estimate of drug-likeness (QED) is 0.0401. The normalized spacial score (nSPS) is 12.1. The summed E-state index contributed by atoms with van der Waals surface area (Å²) >= 11 is 0. The molecule has 0 saturated carbocycles. The Bertz CT molecular complexity index is 1720. The first-order chi connectivity index (χ1) is 24.2. The smallest absolute Gasteiger partial charge is 0.323 e. The molecule has 0 saturated heterocycles. The molecule has 0 aliphatic rings. The van der Waals surface area contributed by atoms with E-state index in [2.05, 4.69) is 93.9 Å². The number of nitrogens with zero attached hydrogens (tertiary/aromatic N) is 7. The number of benzene rings is 2. The zero-order valence-electron chi connectivity index (χ0n) is 29.5. The summed E-state index contributed by atoms with van der Waals surface area (Å²) < 4.78 is 0. The summed E-state index contributed by atoms with van der Waals surface area (Å²) in [5.74, 6) is 0.233. The predicted octanol–water partition coefficient (Wildman–Crippen LogP) is 4.75. The fourth-order valence-electron chi connectivity index (χ4n) is 5.18. The van der Waals surface area contributed by atoms with Crippen LogP contribution in [-0.4, -0.2) is 105 Å². The molecule has 4 rings (SSSR count). The Kier molecular flexibility index (Phi) is 14.4. The molecular weight excluding hydrogens is 638 g/mol. The Morgan fingerprint density at radius 1 is 0.760 bits per heavy atom. The number of carbonyl (C=O) groups is 2. The standard InChI is InChI=1S/C34H49N13O3/c1-6-46(7-2)20-10-18-35-31-41-32(36-19-11-21-47(8-3)9-4)43-33(42-31)38-24-12-14-25(15-13-24)44-45-29(23(5)48)30(49)37-26-16-17-27-28(22-26)40-34(50)39-27/h12-17,22,29H,6-11,18-21H2,1-5H3,(H,37,49)(H2,39,40,50)(H3,35,36,38,41,42,43)/b45-44+. The summed E-state index contributed by atoms with van der Waals surface area (Å²) in [4.78, 5) is 60.5. The van der Waals surface area contributed by atoms with E-state index in [1.165, 1.54) is 6.92 Å². The lowest BCUT2D eigenvalue weighted by Crippen LogP contribution is -2.31. The lowest BCUT2D eigenvalue weighted by atomic mass is 10.2. The second-order valence-electron chi connectivity index (χ2n) is 11.6. The Labute approximate surface area is 292 Å². The van der Waals surface area contributed by atoms with Crippen molar-refractivity contribution in [3.05, 3.63) is 52.9 Å². The molecule has 4 aromatic rings. The van der Waals surface area contributed by atoms with Gasteiger partial charge in [-0.15, -0.1) is 0 Å². The zero-order chi connectivity index (χ0) is 35.9. The lowest BCUT2D eigenvalue weighted by Gasteiger charge is -2.18. The molecule has 0 aliphatic carbocycles. The number of rotatable bonds is 21. The summed E-state index contributed by atoms with van der Waals surface area (Å²) in [7, 11) is 0. The van der Waals surface area contributed by atoms with Crippen molar-refractivity contribution in [3.63, 3.8) is 0 Å². The third kappa shape index (κ3) is 11.4. The molecule has 6 N–H and O–H groups in total. The van der Waals surface area contributed by atoms with Gasteiger partial charge in [-0.3, -0.25) is 9.59 Å². The van der Waals surface area contributed by atoms with Crippen LogP contribution in [0.4, 0.5) is 34.9 Å². The van der Waals surface area contributed by atoms with Crippen LogP contribution in [0.3, 0.4) is 0 Å². The number of hydrogen-bond acceptors (Lipinski definition) is 13. The van der Waals surface area contributed by atoms with Gasteiger partial charge in [0.05, 0.1) is 16.7 Å². The van der Waals surface area contributed by atoms with Crippen LogP contribution in [0.15, 0.2) is 57.5 Å². The highest BCUT2D eigenvalue weighted by molar-refractivity contribution is 6.10. The summed E-state index contributed by atoms with van der Waals surface area (Å²) in [6.45, 7) is 17.4. The summed E-state index contributed by atoms with van der Waals surface area (Å²) in [5.41, 5.74) is 2.32. The number of azo groups is 1. The van der Waals surface area contributed by atoms with Crippen molar-refractivity contribution in [1.29, 1.82) is 0 Å². The molecule has 2 heterocycles. The van der Waals surface area contributed by atoms with E-state index >= 15 is 0 Å². The van der Waals surface area contributed by atoms with Crippen LogP contribution >= 0.6 is 0 Å². The van der Waals surface area contributed by atoms with Crippen LogP contribution in [0.5, 0.6) is 0 Å². The van der Waals surface area contributed by atoms with Gasteiger partial charge in [0.15, 0.2) is 5.78 Å². The number of fused-ring (bicyclic) bond motifs is 1. The third-order valence-electron chi connectivity index (χ3n) is 8.12. The number of amides is 1. The number of imidazole rings is 1. The van der Waals surface area contributed by atoms with Gasteiger partial charge in [-0.1, -0.05) is 27.7 Å². The average molecular weight is 688 g/mol. The molecule has 1 unspecified atom stereocenters. The Morgan fingerprint density at radius 3 is 1.86 bits per heavy atom. The third-order valence-corrected chi connectivity index (χ3v) is 8.12. The summed E-state index contributed by atoms with van der Waals surface area (Å²) in [6, 6.07) is 10.5. The average Bonchev–Trinajstić information content (AvgIpc) is 3.48. The summed E-state index contributed by atoms with van der Waals surface area (Å²) in [5, 5.41) is 20.8. The second kappa shape index (κ2) is 19.1. The molecule has 50 heavy (non-hydrogen) atoms. The van der Waals surface area contributed by atoms with Crippen molar-refractivity contribution in [3.8, 4) is 0 Å². The van der Waals surface area contributed by atoms with Crippen LogP contribution in [-0.2, 0) is 9.59 Å². The first-order valence-electron chi connectivity index (χ1n) is 17.2. The Hall–Kier alpha value is -5.22. The van der Waals surface area contributed by atoms with Crippen LogP contribution in [0.25, 0.3) is 11.0 Å². The fraction of sp³-hybridized carbons (Fsp3) is 0.471. The summed E-state index contributed by atoms with van der Waals surface area (Å²) in [6.07, 6.45) is 1.91. The first kappa shape index (κ1) is 37.6. The molecular formula is C34H49N13O3. The minimum Gasteiger partial charge on any atom is -0.354 e. The number of aromatic nitrogens is 5. The fourth-order valence-corrected chi connectivity index (χ4v) is 5.18. The second-order valence-corrected chi connectivity index (χ2v) is 11.6. The molecule has 2 aromatic carbocycles. The molecule has 16 heteroatoms. The topological polar surface area (TPSA) is 201 Å². The number of carbonyl (C=O) groups excluding carboxylic acids is 2. The molecule has 2 aromatic heterocycles. The van der Waals surface area contributed by atoms with Crippen LogP contribution in [0.2, 0.25) is 0 Å². The van der Waals surface area contributed by atoms with Gasteiger partial charge in [0.2, 0.25) is 23.9 Å². The van der Waals surface area contributed by atoms with Gasteiger partial charge in [0, 0.05) is 24.5 Å². The highest BCUT2D eigenvalue weighted by Crippen LogP contribution is 2.21. The number of aromatic amines is 2. The van der Waals surface area contributed by atoms with Gasteiger partial charge in [0.1, 0.15) is 0 Å². The molecule has 1 amide bonds. The van der Waals surface area contributed by atoms with Crippen molar-refractivity contribution in [1.82, 2.24) is 34.7 Å². The molecule has 0 radical (unpaired) electrons.